The Kier molecular flexibility index (Phi) is 4.68. The van der Waals surface area contributed by atoms with Gasteiger partial charge in [0, 0.05) is 5.92 Å². The Morgan fingerprint density at radius 3 is 2.76 bits per heavy atom. The Hall–Kier alpha value is -0.910. The first-order valence-electron chi connectivity index (χ1n) is 5.70. The van der Waals surface area contributed by atoms with Crippen LogP contribution in [0, 0.1) is 5.92 Å². The topological polar surface area (TPSA) is 65.0 Å². The molecule has 0 aromatic carbocycles. The molecule has 0 bridgehead atoms. The summed E-state index contributed by atoms with van der Waals surface area (Å²) in [6.45, 7) is 9.41. The summed E-state index contributed by atoms with van der Waals surface area (Å²) in [6.07, 6.45) is -0.159. The van der Waals surface area contributed by atoms with Gasteiger partial charge < -0.3 is 19.3 Å². The lowest BCUT2D eigenvalue weighted by Gasteiger charge is -2.24. The van der Waals surface area contributed by atoms with E-state index in [-0.39, 0.29) is 12.7 Å². The molecule has 1 fully saturated rings. The summed E-state index contributed by atoms with van der Waals surface area (Å²) in [4.78, 5) is 11.4. The summed E-state index contributed by atoms with van der Waals surface area (Å²) in [5.74, 6) is -1.89. The highest BCUT2D eigenvalue weighted by molar-refractivity contribution is 5.75. The Balaban J connectivity index is 2.65. The molecule has 98 valence electrons. The quantitative estimate of drug-likeness (QED) is 0.574. The predicted molar refractivity (Wildman–Crippen MR) is 61.2 cm³/mol. The van der Waals surface area contributed by atoms with E-state index >= 15 is 0 Å². The first kappa shape index (κ1) is 14.2. The van der Waals surface area contributed by atoms with Gasteiger partial charge in [-0.1, -0.05) is 6.08 Å². The van der Waals surface area contributed by atoms with Gasteiger partial charge in [0.15, 0.2) is 11.9 Å². The zero-order chi connectivity index (χ0) is 13.1. The van der Waals surface area contributed by atoms with Crippen molar-refractivity contribution in [3.8, 4) is 0 Å². The standard InChI is InChI=1S/C12H20O5/c1-5-8(10(13)11(14)15-6-2)9-7-16-12(3,4)17-9/h5,8-10,13H,1,6-7H2,2-4H3/t8-,9+,10+/m0/s1. The molecule has 0 saturated carbocycles. The number of rotatable bonds is 5. The highest BCUT2D eigenvalue weighted by Crippen LogP contribution is 2.29. The molecule has 0 spiro atoms. The molecule has 0 aliphatic carbocycles. The third kappa shape index (κ3) is 3.52. The van der Waals surface area contributed by atoms with Crippen molar-refractivity contribution in [3.63, 3.8) is 0 Å². The zero-order valence-electron chi connectivity index (χ0n) is 10.5. The molecule has 1 aliphatic heterocycles. The van der Waals surface area contributed by atoms with Crippen LogP contribution in [0.2, 0.25) is 0 Å². The molecule has 1 aliphatic rings. The molecule has 3 atom stereocenters. The van der Waals surface area contributed by atoms with Crippen molar-refractivity contribution in [2.24, 2.45) is 5.92 Å². The van der Waals surface area contributed by atoms with Crippen molar-refractivity contribution >= 4 is 5.97 Å². The number of carbonyl (C=O) groups is 1. The van der Waals surface area contributed by atoms with Gasteiger partial charge in [0.2, 0.25) is 0 Å². The van der Waals surface area contributed by atoms with Crippen LogP contribution >= 0.6 is 0 Å². The monoisotopic (exact) mass is 244 g/mol. The Morgan fingerprint density at radius 2 is 2.35 bits per heavy atom. The lowest BCUT2D eigenvalue weighted by Crippen LogP contribution is -2.39. The zero-order valence-corrected chi connectivity index (χ0v) is 10.5. The van der Waals surface area contributed by atoms with Crippen molar-refractivity contribution in [2.75, 3.05) is 13.2 Å². The largest absolute Gasteiger partial charge is 0.464 e. The fourth-order valence-corrected chi connectivity index (χ4v) is 1.77. The van der Waals surface area contributed by atoms with E-state index in [1.165, 1.54) is 6.08 Å². The lowest BCUT2D eigenvalue weighted by atomic mass is 9.96. The van der Waals surface area contributed by atoms with E-state index < -0.39 is 23.8 Å². The summed E-state index contributed by atoms with van der Waals surface area (Å²) >= 11 is 0. The van der Waals surface area contributed by atoms with E-state index in [1.54, 1.807) is 20.8 Å². The van der Waals surface area contributed by atoms with E-state index in [4.69, 9.17) is 14.2 Å². The molecule has 0 aromatic heterocycles. The van der Waals surface area contributed by atoms with Crippen LogP contribution in [0.1, 0.15) is 20.8 Å². The van der Waals surface area contributed by atoms with Gasteiger partial charge in [-0.3, -0.25) is 0 Å². The molecule has 1 saturated heterocycles. The second kappa shape index (κ2) is 5.62. The van der Waals surface area contributed by atoms with Crippen molar-refractivity contribution in [3.05, 3.63) is 12.7 Å². The van der Waals surface area contributed by atoms with Crippen LogP contribution in [0.4, 0.5) is 0 Å². The molecular weight excluding hydrogens is 224 g/mol. The molecule has 17 heavy (non-hydrogen) atoms. The summed E-state index contributed by atoms with van der Waals surface area (Å²) < 4.78 is 15.7. The van der Waals surface area contributed by atoms with E-state index in [9.17, 15) is 9.90 Å². The number of esters is 1. The highest BCUT2D eigenvalue weighted by Gasteiger charge is 2.41. The van der Waals surface area contributed by atoms with Crippen molar-refractivity contribution in [2.45, 2.75) is 38.8 Å². The summed E-state index contributed by atoms with van der Waals surface area (Å²) in [5.41, 5.74) is 0. The van der Waals surface area contributed by atoms with Crippen molar-refractivity contribution < 1.29 is 24.1 Å². The van der Waals surface area contributed by atoms with E-state index in [2.05, 4.69) is 6.58 Å². The second-order valence-electron chi connectivity index (χ2n) is 4.38. The summed E-state index contributed by atoms with van der Waals surface area (Å²) in [6, 6.07) is 0. The molecule has 0 unspecified atom stereocenters. The van der Waals surface area contributed by atoms with E-state index in [0.29, 0.717) is 6.61 Å². The van der Waals surface area contributed by atoms with Gasteiger partial charge in [-0.05, 0) is 20.8 Å². The molecule has 0 aromatic rings. The van der Waals surface area contributed by atoms with Crippen LogP contribution in [0.15, 0.2) is 12.7 Å². The van der Waals surface area contributed by atoms with Gasteiger partial charge in [0.05, 0.1) is 19.3 Å². The van der Waals surface area contributed by atoms with E-state index in [1.807, 2.05) is 0 Å². The molecule has 5 nitrogen and oxygen atoms in total. The summed E-state index contributed by atoms with van der Waals surface area (Å²) in [7, 11) is 0. The normalized spacial score (nSPS) is 26.2. The van der Waals surface area contributed by atoms with Gasteiger partial charge in [-0.25, -0.2) is 4.79 Å². The fraction of sp³-hybridized carbons (Fsp3) is 0.750. The van der Waals surface area contributed by atoms with Gasteiger partial charge in [0.1, 0.15) is 0 Å². The average molecular weight is 244 g/mol. The Morgan fingerprint density at radius 1 is 1.71 bits per heavy atom. The maximum Gasteiger partial charge on any atom is 0.335 e. The Labute approximate surface area is 101 Å². The smallest absolute Gasteiger partial charge is 0.335 e. The number of aliphatic hydroxyl groups excluding tert-OH is 1. The molecule has 1 rings (SSSR count). The van der Waals surface area contributed by atoms with Crippen LogP contribution in [-0.4, -0.2) is 42.3 Å². The van der Waals surface area contributed by atoms with Crippen molar-refractivity contribution in [1.82, 2.24) is 0 Å². The average Bonchev–Trinajstić information content (AvgIpc) is 2.60. The number of ether oxygens (including phenoxy) is 3. The molecule has 0 radical (unpaired) electrons. The maximum absolute atomic E-state index is 11.4. The first-order chi connectivity index (χ1) is 7.91. The fourth-order valence-electron chi connectivity index (χ4n) is 1.77. The summed E-state index contributed by atoms with van der Waals surface area (Å²) in [5, 5.41) is 9.86. The van der Waals surface area contributed by atoms with Gasteiger partial charge >= 0.3 is 5.97 Å². The van der Waals surface area contributed by atoms with Gasteiger partial charge in [0.25, 0.3) is 0 Å². The minimum atomic E-state index is -1.27. The lowest BCUT2D eigenvalue weighted by molar-refractivity contribution is -0.164. The maximum atomic E-state index is 11.4. The van der Waals surface area contributed by atoms with Crippen LogP contribution in [-0.2, 0) is 19.0 Å². The Bertz CT molecular complexity index is 287. The van der Waals surface area contributed by atoms with Gasteiger partial charge in [-0.15, -0.1) is 6.58 Å². The van der Waals surface area contributed by atoms with Gasteiger partial charge in [-0.2, -0.15) is 0 Å². The third-order valence-corrected chi connectivity index (χ3v) is 2.62. The molecule has 1 N–H and O–H groups in total. The predicted octanol–water partition coefficient (Wildman–Crippen LogP) is 0.864. The molecular formula is C12H20O5. The van der Waals surface area contributed by atoms with Crippen LogP contribution in [0.25, 0.3) is 0 Å². The third-order valence-electron chi connectivity index (χ3n) is 2.62. The highest BCUT2D eigenvalue weighted by atomic mass is 16.7. The minimum Gasteiger partial charge on any atom is -0.464 e. The minimum absolute atomic E-state index is 0.229. The number of aliphatic hydroxyl groups is 1. The van der Waals surface area contributed by atoms with E-state index in [0.717, 1.165) is 0 Å². The molecule has 0 amide bonds. The number of hydrogen-bond donors (Lipinski definition) is 1. The SMILES string of the molecule is C=C[C@@H]([C@H]1COC(C)(C)O1)[C@@H](O)C(=O)OCC. The first-order valence-corrected chi connectivity index (χ1v) is 5.70. The molecule has 1 heterocycles. The van der Waals surface area contributed by atoms with Crippen molar-refractivity contribution in [1.29, 1.82) is 0 Å². The van der Waals surface area contributed by atoms with Crippen LogP contribution < -0.4 is 0 Å². The second-order valence-corrected chi connectivity index (χ2v) is 4.38. The molecule has 5 heteroatoms. The van der Waals surface area contributed by atoms with Crippen LogP contribution in [0.3, 0.4) is 0 Å². The van der Waals surface area contributed by atoms with Crippen LogP contribution in [0.5, 0.6) is 0 Å². The number of carbonyl (C=O) groups excluding carboxylic acids is 1. The number of hydrogen-bond acceptors (Lipinski definition) is 5.